The van der Waals surface area contributed by atoms with Crippen molar-refractivity contribution in [3.8, 4) is 10.6 Å². The molecule has 2 aromatic carbocycles. The number of nitrogens with one attached hydrogen (secondary N) is 1. The zero-order valence-electron chi connectivity index (χ0n) is 14.6. The second-order valence-corrected chi connectivity index (χ2v) is 7.04. The van der Waals surface area contributed by atoms with E-state index < -0.39 is 0 Å². The van der Waals surface area contributed by atoms with Crippen LogP contribution in [0.5, 0.6) is 0 Å². The van der Waals surface area contributed by atoms with Crippen LogP contribution in [0, 0.1) is 6.92 Å². The maximum absolute atomic E-state index is 12.5. The van der Waals surface area contributed by atoms with Crippen LogP contribution in [0.3, 0.4) is 0 Å². The number of rotatable bonds is 4. The summed E-state index contributed by atoms with van der Waals surface area (Å²) in [6, 6.07) is 17.7. The highest BCUT2D eigenvalue weighted by Crippen LogP contribution is 2.30. The zero-order chi connectivity index (χ0) is 18.1. The fourth-order valence-corrected chi connectivity index (χ4v) is 3.83. The number of carbonyl (C=O) groups is 1. The molecule has 0 fully saturated rings. The molecule has 26 heavy (non-hydrogen) atoms. The van der Waals surface area contributed by atoms with Crippen molar-refractivity contribution in [1.82, 2.24) is 14.8 Å². The van der Waals surface area contributed by atoms with Crippen molar-refractivity contribution in [2.45, 2.75) is 20.4 Å². The van der Waals surface area contributed by atoms with Crippen LogP contribution in [0.1, 0.15) is 23.1 Å². The maximum atomic E-state index is 12.5. The second-order valence-electron chi connectivity index (χ2n) is 6.00. The number of fused-ring (bicyclic) bond motifs is 1. The van der Waals surface area contributed by atoms with Crippen LogP contribution >= 0.6 is 11.3 Å². The fraction of sp³-hybridized carbons (Fsp3) is 0.150. The predicted octanol–water partition coefficient (Wildman–Crippen LogP) is 4.74. The first kappa shape index (κ1) is 16.5. The largest absolute Gasteiger partial charge is 0.321 e. The Kier molecular flexibility index (Phi) is 4.26. The summed E-state index contributed by atoms with van der Waals surface area (Å²) in [6.45, 7) is 4.51. The van der Waals surface area contributed by atoms with E-state index >= 15 is 0 Å². The van der Waals surface area contributed by atoms with Crippen molar-refractivity contribution < 1.29 is 4.79 Å². The predicted molar refractivity (Wildman–Crippen MR) is 106 cm³/mol. The maximum Gasteiger partial charge on any atom is 0.273 e. The minimum atomic E-state index is -0.153. The summed E-state index contributed by atoms with van der Waals surface area (Å²) < 4.78 is 2.88. The molecule has 0 saturated carbocycles. The van der Waals surface area contributed by atoms with Gasteiger partial charge in [-0.1, -0.05) is 12.1 Å². The Bertz CT molecular complexity index is 1050. The number of benzene rings is 2. The molecule has 4 rings (SSSR count). The molecule has 0 unspecified atom stereocenters. The number of hydrogen-bond donors (Lipinski definition) is 1. The summed E-state index contributed by atoms with van der Waals surface area (Å²) >= 11 is 1.66. The van der Waals surface area contributed by atoms with E-state index in [-0.39, 0.29) is 5.91 Å². The van der Waals surface area contributed by atoms with Crippen LogP contribution in [0.15, 0.2) is 54.6 Å². The van der Waals surface area contributed by atoms with Gasteiger partial charge in [-0.2, -0.15) is 5.10 Å². The van der Waals surface area contributed by atoms with E-state index in [2.05, 4.69) is 21.5 Å². The molecule has 0 bridgehead atoms. The molecule has 2 aromatic heterocycles. The van der Waals surface area contributed by atoms with Gasteiger partial charge >= 0.3 is 0 Å². The Hall–Kier alpha value is -2.99. The van der Waals surface area contributed by atoms with Crippen molar-refractivity contribution in [2.24, 2.45) is 0 Å². The number of aryl methyl sites for hydroxylation is 2. The Morgan fingerprint density at radius 1 is 1.15 bits per heavy atom. The molecule has 130 valence electrons. The third-order valence-corrected chi connectivity index (χ3v) is 5.20. The number of carbonyl (C=O) groups excluding carboxylic acids is 1. The number of amides is 1. The van der Waals surface area contributed by atoms with E-state index in [1.165, 1.54) is 4.70 Å². The normalized spacial score (nSPS) is 11.0. The van der Waals surface area contributed by atoms with Crippen LogP contribution in [0.25, 0.3) is 20.8 Å². The van der Waals surface area contributed by atoms with Crippen LogP contribution < -0.4 is 5.32 Å². The number of anilines is 1. The molecule has 2 heterocycles. The van der Waals surface area contributed by atoms with Crippen molar-refractivity contribution in [1.29, 1.82) is 0 Å². The molecule has 0 aliphatic heterocycles. The number of thiazole rings is 1. The Labute approximate surface area is 155 Å². The van der Waals surface area contributed by atoms with Crippen LogP contribution in [0.2, 0.25) is 0 Å². The van der Waals surface area contributed by atoms with Crippen LogP contribution in [-0.4, -0.2) is 20.7 Å². The lowest BCUT2D eigenvalue weighted by atomic mass is 10.2. The number of nitrogens with zero attached hydrogens (tertiary/aromatic N) is 3. The van der Waals surface area contributed by atoms with Gasteiger partial charge in [0.05, 0.1) is 15.9 Å². The van der Waals surface area contributed by atoms with Crippen molar-refractivity contribution in [3.05, 3.63) is 66.0 Å². The van der Waals surface area contributed by atoms with Gasteiger partial charge in [0.2, 0.25) is 0 Å². The van der Waals surface area contributed by atoms with Crippen molar-refractivity contribution in [2.75, 3.05) is 5.32 Å². The molecule has 0 aliphatic carbocycles. The Morgan fingerprint density at radius 2 is 1.92 bits per heavy atom. The van der Waals surface area contributed by atoms with E-state index in [0.717, 1.165) is 27.5 Å². The molecule has 1 amide bonds. The average molecular weight is 362 g/mol. The molecule has 0 atom stereocenters. The van der Waals surface area contributed by atoms with E-state index in [9.17, 15) is 4.79 Å². The molecule has 4 aromatic rings. The number of hydrogen-bond acceptors (Lipinski definition) is 4. The van der Waals surface area contributed by atoms with Crippen LogP contribution in [-0.2, 0) is 6.54 Å². The molecule has 5 nitrogen and oxygen atoms in total. The third kappa shape index (κ3) is 3.11. The van der Waals surface area contributed by atoms with Gasteiger partial charge in [0.15, 0.2) is 0 Å². The van der Waals surface area contributed by atoms with E-state index in [4.69, 9.17) is 0 Å². The SMILES string of the molecule is CCn1nc(C)cc1C(=O)Nc1ccc(-c2nc3ccccc3s2)cc1. The standard InChI is InChI=1S/C20H18N4OS/c1-3-24-17(12-13(2)23-24)19(25)21-15-10-8-14(9-11-15)20-22-16-6-4-5-7-18(16)26-20/h4-12H,3H2,1-2H3,(H,21,25). The molecular weight excluding hydrogens is 344 g/mol. The van der Waals surface area contributed by atoms with Crippen LogP contribution in [0.4, 0.5) is 5.69 Å². The van der Waals surface area contributed by atoms with Gasteiger partial charge in [-0.25, -0.2) is 4.98 Å². The summed E-state index contributed by atoms with van der Waals surface area (Å²) in [5.41, 5.74) is 4.21. The molecule has 0 saturated heterocycles. The van der Waals surface area contributed by atoms with Gasteiger partial charge in [-0.15, -0.1) is 11.3 Å². The minimum absolute atomic E-state index is 0.153. The summed E-state index contributed by atoms with van der Waals surface area (Å²) in [5, 5.41) is 8.23. The monoisotopic (exact) mass is 362 g/mol. The highest BCUT2D eigenvalue weighted by molar-refractivity contribution is 7.21. The molecule has 6 heteroatoms. The van der Waals surface area contributed by atoms with Gasteiger partial charge in [0.1, 0.15) is 10.7 Å². The lowest BCUT2D eigenvalue weighted by Gasteiger charge is -2.07. The second kappa shape index (κ2) is 6.72. The third-order valence-electron chi connectivity index (χ3n) is 4.12. The van der Waals surface area contributed by atoms with Gasteiger partial charge < -0.3 is 5.32 Å². The summed E-state index contributed by atoms with van der Waals surface area (Å²) in [6.07, 6.45) is 0. The number of aromatic nitrogens is 3. The van der Waals surface area contributed by atoms with E-state index in [1.807, 2.05) is 56.3 Å². The van der Waals surface area contributed by atoms with Gasteiger partial charge in [0.25, 0.3) is 5.91 Å². The van der Waals surface area contributed by atoms with Crippen molar-refractivity contribution >= 4 is 33.1 Å². The molecule has 0 aliphatic rings. The summed E-state index contributed by atoms with van der Waals surface area (Å²) in [7, 11) is 0. The summed E-state index contributed by atoms with van der Waals surface area (Å²) in [4.78, 5) is 17.2. The fourth-order valence-electron chi connectivity index (χ4n) is 2.86. The first-order valence-corrected chi connectivity index (χ1v) is 9.27. The van der Waals surface area contributed by atoms with E-state index in [1.54, 1.807) is 22.1 Å². The Balaban J connectivity index is 1.55. The smallest absolute Gasteiger partial charge is 0.273 e. The van der Waals surface area contributed by atoms with Gasteiger partial charge in [-0.05, 0) is 56.3 Å². The molecular formula is C20H18N4OS. The highest BCUT2D eigenvalue weighted by atomic mass is 32.1. The lowest BCUT2D eigenvalue weighted by Crippen LogP contribution is -2.17. The number of para-hydroxylation sites is 1. The van der Waals surface area contributed by atoms with Crippen molar-refractivity contribution in [3.63, 3.8) is 0 Å². The molecule has 0 spiro atoms. The zero-order valence-corrected chi connectivity index (χ0v) is 15.4. The average Bonchev–Trinajstić information content (AvgIpc) is 3.25. The Morgan fingerprint density at radius 3 is 2.65 bits per heavy atom. The quantitative estimate of drug-likeness (QED) is 0.570. The summed E-state index contributed by atoms with van der Waals surface area (Å²) in [5.74, 6) is -0.153. The first-order valence-electron chi connectivity index (χ1n) is 8.46. The van der Waals surface area contributed by atoms with Gasteiger partial charge in [-0.3, -0.25) is 9.48 Å². The first-order chi connectivity index (χ1) is 12.6. The highest BCUT2D eigenvalue weighted by Gasteiger charge is 2.13. The molecule has 0 radical (unpaired) electrons. The van der Waals surface area contributed by atoms with E-state index in [0.29, 0.717) is 12.2 Å². The lowest BCUT2D eigenvalue weighted by molar-refractivity contribution is 0.101. The minimum Gasteiger partial charge on any atom is -0.321 e. The van der Waals surface area contributed by atoms with Gasteiger partial charge in [0, 0.05) is 17.8 Å². The molecule has 1 N–H and O–H groups in total. The topological polar surface area (TPSA) is 59.8 Å².